The number of hydrogen-bond acceptors (Lipinski definition) is 3. The van der Waals surface area contributed by atoms with Crippen molar-refractivity contribution >= 4 is 49.9 Å². The smallest absolute Gasteiger partial charge is 0.255 e. The van der Waals surface area contributed by atoms with Gasteiger partial charge in [0.2, 0.25) is 0 Å². The van der Waals surface area contributed by atoms with Gasteiger partial charge in [0.15, 0.2) is 3.77 Å². The third-order valence-corrected chi connectivity index (χ3v) is 5.61. The van der Waals surface area contributed by atoms with E-state index in [4.69, 9.17) is 4.42 Å². The molecule has 0 aliphatic carbocycles. The monoisotopic (exact) mass is 411 g/mol. The summed E-state index contributed by atoms with van der Waals surface area (Å²) < 4.78 is 7.07. The van der Waals surface area contributed by atoms with E-state index in [1.807, 2.05) is 22.6 Å². The number of nitrogens with one attached hydrogen (secondary N) is 1. The molecule has 21 heavy (non-hydrogen) atoms. The average molecular weight is 411 g/mol. The fraction of sp³-hybridized carbons (Fsp3) is 0.188. The van der Waals surface area contributed by atoms with E-state index in [2.05, 4.69) is 36.5 Å². The summed E-state index contributed by atoms with van der Waals surface area (Å²) in [4.78, 5) is 13.3. The molecule has 0 unspecified atom stereocenters. The summed E-state index contributed by atoms with van der Waals surface area (Å²) >= 11 is 3.83. The highest BCUT2D eigenvalue weighted by molar-refractivity contribution is 14.1. The van der Waals surface area contributed by atoms with E-state index in [0.29, 0.717) is 15.9 Å². The van der Waals surface area contributed by atoms with Crippen LogP contribution in [0.1, 0.15) is 20.8 Å². The second-order valence-corrected chi connectivity index (χ2v) is 6.88. The quantitative estimate of drug-likeness (QED) is 0.648. The first-order valence-electron chi connectivity index (χ1n) is 6.65. The third kappa shape index (κ3) is 2.98. The van der Waals surface area contributed by atoms with Gasteiger partial charge in [-0.1, -0.05) is 18.2 Å². The second-order valence-electron chi connectivity index (χ2n) is 4.76. The fourth-order valence-electron chi connectivity index (χ4n) is 2.30. The Morgan fingerprint density at radius 3 is 2.86 bits per heavy atom. The number of furan rings is 1. The van der Waals surface area contributed by atoms with E-state index in [1.165, 1.54) is 26.8 Å². The summed E-state index contributed by atoms with van der Waals surface area (Å²) in [6.07, 6.45) is 2.39. The summed E-state index contributed by atoms with van der Waals surface area (Å²) in [6.45, 7) is 2.78. The predicted octanol–water partition coefficient (Wildman–Crippen LogP) is 4.38. The standard InChI is InChI=1S/C16H14INO2S/c1-10-11-4-2-3-5-14(11)21-13(10)6-8-18-16(19)12-7-9-20-15(12)17/h2-5,7,9H,6,8H2,1H3,(H,18,19). The molecule has 108 valence electrons. The van der Waals surface area contributed by atoms with Crippen LogP contribution in [0.5, 0.6) is 0 Å². The summed E-state index contributed by atoms with van der Waals surface area (Å²) in [7, 11) is 0. The van der Waals surface area contributed by atoms with Crippen LogP contribution < -0.4 is 5.32 Å². The highest BCUT2D eigenvalue weighted by Crippen LogP contribution is 2.30. The maximum absolute atomic E-state index is 12.0. The van der Waals surface area contributed by atoms with E-state index < -0.39 is 0 Å². The first-order valence-corrected chi connectivity index (χ1v) is 8.54. The van der Waals surface area contributed by atoms with E-state index in [0.717, 1.165) is 6.42 Å². The molecule has 3 nitrogen and oxygen atoms in total. The summed E-state index contributed by atoms with van der Waals surface area (Å²) in [5.41, 5.74) is 1.92. The molecular weight excluding hydrogens is 397 g/mol. The highest BCUT2D eigenvalue weighted by Gasteiger charge is 2.13. The Kier molecular flexibility index (Phi) is 4.30. The van der Waals surface area contributed by atoms with Crippen LogP contribution in [0.25, 0.3) is 10.1 Å². The number of halogens is 1. The van der Waals surface area contributed by atoms with Gasteiger partial charge in [-0.05, 0) is 36.4 Å². The van der Waals surface area contributed by atoms with Crippen LogP contribution in [-0.4, -0.2) is 12.5 Å². The van der Waals surface area contributed by atoms with Crippen molar-refractivity contribution in [1.82, 2.24) is 5.32 Å². The van der Waals surface area contributed by atoms with Gasteiger partial charge in [0.1, 0.15) is 0 Å². The maximum Gasteiger partial charge on any atom is 0.255 e. The number of benzene rings is 1. The van der Waals surface area contributed by atoms with Crippen molar-refractivity contribution in [3.63, 3.8) is 0 Å². The van der Waals surface area contributed by atoms with Crippen molar-refractivity contribution in [2.45, 2.75) is 13.3 Å². The van der Waals surface area contributed by atoms with Gasteiger partial charge in [-0.25, -0.2) is 0 Å². The van der Waals surface area contributed by atoms with Crippen LogP contribution in [0.3, 0.4) is 0 Å². The van der Waals surface area contributed by atoms with Crippen molar-refractivity contribution in [2.24, 2.45) is 0 Å². The Hall–Kier alpha value is -1.34. The van der Waals surface area contributed by atoms with Crippen LogP contribution in [-0.2, 0) is 6.42 Å². The van der Waals surface area contributed by atoms with Crippen molar-refractivity contribution in [3.05, 3.63) is 56.4 Å². The topological polar surface area (TPSA) is 42.2 Å². The van der Waals surface area contributed by atoms with Gasteiger partial charge in [-0.2, -0.15) is 0 Å². The SMILES string of the molecule is Cc1c(CCNC(=O)c2ccoc2I)sc2ccccc12. The molecule has 0 radical (unpaired) electrons. The molecule has 1 aromatic carbocycles. The summed E-state index contributed by atoms with van der Waals surface area (Å²) in [6, 6.07) is 10.1. The number of hydrogen-bond donors (Lipinski definition) is 1. The summed E-state index contributed by atoms with van der Waals surface area (Å²) in [5, 5.41) is 4.26. The molecule has 0 spiro atoms. The van der Waals surface area contributed by atoms with Crippen molar-refractivity contribution < 1.29 is 9.21 Å². The molecular formula is C16H14INO2S. The molecule has 1 N–H and O–H groups in total. The molecule has 0 saturated carbocycles. The molecule has 3 aromatic rings. The number of aryl methyl sites for hydroxylation is 1. The molecule has 0 fully saturated rings. The lowest BCUT2D eigenvalue weighted by Crippen LogP contribution is -2.25. The lowest BCUT2D eigenvalue weighted by molar-refractivity contribution is 0.0952. The molecule has 5 heteroatoms. The van der Waals surface area contributed by atoms with Gasteiger partial charge in [0, 0.05) is 38.7 Å². The second kappa shape index (κ2) is 6.19. The van der Waals surface area contributed by atoms with Crippen molar-refractivity contribution in [1.29, 1.82) is 0 Å². The zero-order valence-electron chi connectivity index (χ0n) is 11.5. The Morgan fingerprint density at radius 2 is 2.14 bits per heavy atom. The first-order chi connectivity index (χ1) is 10.2. The molecule has 0 atom stereocenters. The molecule has 3 rings (SSSR count). The minimum atomic E-state index is -0.0769. The number of thiophene rings is 1. The minimum Gasteiger partial charge on any atom is -0.458 e. The van der Waals surface area contributed by atoms with Crippen LogP contribution in [0, 0.1) is 10.7 Å². The number of rotatable bonds is 4. The highest BCUT2D eigenvalue weighted by atomic mass is 127. The van der Waals surface area contributed by atoms with E-state index >= 15 is 0 Å². The molecule has 1 amide bonds. The Labute approximate surface area is 140 Å². The van der Waals surface area contributed by atoms with Crippen LogP contribution in [0.4, 0.5) is 0 Å². The van der Waals surface area contributed by atoms with Crippen LogP contribution in [0.15, 0.2) is 41.0 Å². The Balaban J connectivity index is 1.66. The lowest BCUT2D eigenvalue weighted by Gasteiger charge is -2.03. The van der Waals surface area contributed by atoms with E-state index in [-0.39, 0.29) is 5.91 Å². The van der Waals surface area contributed by atoms with Crippen LogP contribution in [0.2, 0.25) is 0 Å². The molecule has 2 aromatic heterocycles. The first kappa shape index (κ1) is 14.6. The average Bonchev–Trinajstić information content (AvgIpc) is 3.04. The predicted molar refractivity (Wildman–Crippen MR) is 94.0 cm³/mol. The van der Waals surface area contributed by atoms with Crippen molar-refractivity contribution in [2.75, 3.05) is 6.54 Å². The van der Waals surface area contributed by atoms with Gasteiger partial charge < -0.3 is 9.73 Å². The molecule has 0 saturated heterocycles. The normalized spacial score (nSPS) is 11.0. The summed E-state index contributed by atoms with van der Waals surface area (Å²) in [5.74, 6) is -0.0769. The number of amides is 1. The Morgan fingerprint density at radius 1 is 1.33 bits per heavy atom. The minimum absolute atomic E-state index is 0.0769. The fourth-order valence-corrected chi connectivity index (χ4v) is 4.09. The number of carbonyl (C=O) groups is 1. The van der Waals surface area contributed by atoms with Gasteiger partial charge in [-0.3, -0.25) is 4.79 Å². The van der Waals surface area contributed by atoms with Gasteiger partial charge in [0.05, 0.1) is 11.8 Å². The molecule has 0 aliphatic heterocycles. The third-order valence-electron chi connectivity index (χ3n) is 3.44. The Bertz CT molecular complexity index is 791. The number of fused-ring (bicyclic) bond motifs is 1. The zero-order valence-corrected chi connectivity index (χ0v) is 14.5. The van der Waals surface area contributed by atoms with Crippen LogP contribution >= 0.6 is 33.9 Å². The molecule has 0 bridgehead atoms. The number of carbonyl (C=O) groups excluding carboxylic acids is 1. The van der Waals surface area contributed by atoms with Gasteiger partial charge >= 0.3 is 0 Å². The van der Waals surface area contributed by atoms with Gasteiger partial charge in [-0.15, -0.1) is 11.3 Å². The maximum atomic E-state index is 12.0. The van der Waals surface area contributed by atoms with Gasteiger partial charge in [0.25, 0.3) is 5.91 Å². The molecule has 0 aliphatic rings. The molecule has 2 heterocycles. The zero-order chi connectivity index (χ0) is 14.8. The van der Waals surface area contributed by atoms with Crippen molar-refractivity contribution in [3.8, 4) is 0 Å². The largest absolute Gasteiger partial charge is 0.458 e. The van der Waals surface area contributed by atoms with E-state index in [9.17, 15) is 4.79 Å². The van der Waals surface area contributed by atoms with E-state index in [1.54, 1.807) is 17.4 Å². The lowest BCUT2D eigenvalue weighted by atomic mass is 10.1.